The molecule has 17 heavy (non-hydrogen) atoms. The maximum Gasteiger partial charge on any atom is 0.0875 e. The molecule has 0 spiro atoms. The fourth-order valence-electron chi connectivity index (χ4n) is 7.81. The van der Waals surface area contributed by atoms with Gasteiger partial charge >= 0.3 is 0 Å². The van der Waals surface area contributed by atoms with Crippen LogP contribution in [0.2, 0.25) is 0 Å². The third kappa shape index (κ3) is 0.669. The molecule has 0 amide bonds. The van der Waals surface area contributed by atoms with Crippen LogP contribution in [-0.4, -0.2) is 24.4 Å². The van der Waals surface area contributed by atoms with Gasteiger partial charge in [-0.15, -0.1) is 0 Å². The Balaban J connectivity index is 1.39. The Kier molecular flexibility index (Phi) is 1.02. The minimum absolute atomic E-state index is 0.706. The number of hydrogen-bond acceptors (Lipinski definition) is 2. The summed E-state index contributed by atoms with van der Waals surface area (Å²) in [7, 11) is 0. The van der Waals surface area contributed by atoms with Crippen molar-refractivity contribution in [2.75, 3.05) is 0 Å². The molecule has 2 heteroatoms. The molecule has 2 aliphatic heterocycles. The quantitative estimate of drug-likeness (QED) is 0.467. The van der Waals surface area contributed by atoms with E-state index in [1.165, 1.54) is 12.8 Å². The van der Waals surface area contributed by atoms with Crippen LogP contribution in [-0.2, 0) is 9.47 Å². The lowest BCUT2D eigenvalue weighted by molar-refractivity contribution is 0.0447. The van der Waals surface area contributed by atoms with Crippen molar-refractivity contribution in [3.63, 3.8) is 0 Å². The van der Waals surface area contributed by atoms with Gasteiger partial charge in [-0.25, -0.2) is 0 Å². The lowest BCUT2D eigenvalue weighted by Crippen LogP contribution is -2.40. The van der Waals surface area contributed by atoms with Crippen LogP contribution in [0.1, 0.15) is 19.3 Å². The standard InChI is InChI=1S/C15H18O2/c1-4-5-3-9-15(16-9)12(5)6(1)11-8-2-7(10(4)11)13-14(8)17-13/h4-15H,1-3H2. The average Bonchev–Trinajstić information content (AvgIpc) is 3.01. The van der Waals surface area contributed by atoms with Crippen molar-refractivity contribution in [3.05, 3.63) is 0 Å². The highest BCUT2D eigenvalue weighted by molar-refractivity contribution is 5.25. The summed E-state index contributed by atoms with van der Waals surface area (Å²) in [6, 6.07) is 0. The topological polar surface area (TPSA) is 25.1 Å². The van der Waals surface area contributed by atoms with Gasteiger partial charge in [0.2, 0.25) is 0 Å². The summed E-state index contributed by atoms with van der Waals surface area (Å²) in [5, 5.41) is 0. The molecule has 0 aromatic rings. The van der Waals surface area contributed by atoms with Gasteiger partial charge in [0.05, 0.1) is 24.4 Å². The summed E-state index contributed by atoms with van der Waals surface area (Å²) < 4.78 is 11.8. The third-order valence-corrected chi connectivity index (χ3v) is 7.96. The number of rotatable bonds is 0. The van der Waals surface area contributed by atoms with Crippen LogP contribution in [0.3, 0.4) is 0 Å². The van der Waals surface area contributed by atoms with Gasteiger partial charge < -0.3 is 9.47 Å². The van der Waals surface area contributed by atoms with Crippen LogP contribution in [0.4, 0.5) is 0 Å². The van der Waals surface area contributed by atoms with Gasteiger partial charge in [0, 0.05) is 0 Å². The van der Waals surface area contributed by atoms with E-state index < -0.39 is 0 Å². The van der Waals surface area contributed by atoms with E-state index in [9.17, 15) is 0 Å². The van der Waals surface area contributed by atoms with Crippen LogP contribution < -0.4 is 0 Å². The van der Waals surface area contributed by atoms with Gasteiger partial charge in [-0.05, 0) is 66.6 Å². The second kappa shape index (κ2) is 2.12. The Morgan fingerprint density at radius 1 is 0.529 bits per heavy atom. The molecule has 0 radical (unpaired) electrons. The van der Waals surface area contributed by atoms with Gasteiger partial charge in [-0.2, -0.15) is 0 Å². The van der Waals surface area contributed by atoms with E-state index in [-0.39, 0.29) is 0 Å². The summed E-state index contributed by atoms with van der Waals surface area (Å²) in [5.41, 5.74) is 0. The minimum Gasteiger partial charge on any atom is -0.369 e. The van der Waals surface area contributed by atoms with Crippen LogP contribution in [0, 0.1) is 47.3 Å². The number of ether oxygens (including phenoxy) is 2. The first-order valence-corrected chi connectivity index (χ1v) is 7.73. The Morgan fingerprint density at radius 3 is 2.12 bits per heavy atom. The highest BCUT2D eigenvalue weighted by atomic mass is 16.6. The molecule has 2 heterocycles. The van der Waals surface area contributed by atoms with Crippen molar-refractivity contribution in [1.82, 2.24) is 0 Å². The molecule has 5 aliphatic carbocycles. The molecule has 90 valence electrons. The van der Waals surface area contributed by atoms with Crippen LogP contribution >= 0.6 is 0 Å². The fourth-order valence-corrected chi connectivity index (χ4v) is 7.81. The smallest absolute Gasteiger partial charge is 0.0875 e. The van der Waals surface area contributed by atoms with Gasteiger partial charge in [0.25, 0.3) is 0 Å². The van der Waals surface area contributed by atoms with Gasteiger partial charge in [-0.3, -0.25) is 0 Å². The normalized spacial score (nSPS) is 83.3. The molecule has 2 nitrogen and oxygen atoms in total. The van der Waals surface area contributed by atoms with E-state index >= 15 is 0 Å². The van der Waals surface area contributed by atoms with Crippen LogP contribution in [0.5, 0.6) is 0 Å². The SMILES string of the molecule is C1C2OC2C2C1C1CC2C2C3CC(C4OC34)C12. The van der Waals surface area contributed by atoms with E-state index in [0.717, 1.165) is 59.6 Å². The van der Waals surface area contributed by atoms with Crippen molar-refractivity contribution >= 4 is 0 Å². The largest absolute Gasteiger partial charge is 0.369 e. The fraction of sp³-hybridized carbons (Fsp3) is 1.00. The second-order valence-electron chi connectivity index (χ2n) is 7.96. The van der Waals surface area contributed by atoms with Crippen molar-refractivity contribution < 1.29 is 9.47 Å². The second-order valence-corrected chi connectivity index (χ2v) is 7.96. The molecule has 7 fully saturated rings. The summed E-state index contributed by atoms with van der Waals surface area (Å²) in [4.78, 5) is 0. The number of hydrogen-bond donors (Lipinski definition) is 0. The Morgan fingerprint density at radius 2 is 1.24 bits per heavy atom. The van der Waals surface area contributed by atoms with Crippen molar-refractivity contribution in [2.45, 2.75) is 43.7 Å². The highest BCUT2D eigenvalue weighted by Crippen LogP contribution is 2.77. The van der Waals surface area contributed by atoms with E-state index in [2.05, 4.69) is 0 Å². The third-order valence-electron chi connectivity index (χ3n) is 7.96. The summed E-state index contributed by atoms with van der Waals surface area (Å²) in [6.45, 7) is 0. The molecule has 0 N–H and O–H groups in total. The minimum atomic E-state index is 0.706. The molecule has 7 aliphatic rings. The lowest BCUT2D eigenvalue weighted by Gasteiger charge is -2.40. The lowest BCUT2D eigenvalue weighted by atomic mass is 9.64. The molecular formula is C15H18O2. The van der Waals surface area contributed by atoms with E-state index in [0.29, 0.717) is 12.2 Å². The van der Waals surface area contributed by atoms with Gasteiger partial charge in [-0.1, -0.05) is 0 Å². The summed E-state index contributed by atoms with van der Waals surface area (Å²) in [6.07, 6.45) is 7.40. The molecule has 12 unspecified atom stereocenters. The van der Waals surface area contributed by atoms with Crippen LogP contribution in [0.15, 0.2) is 0 Å². The number of fused-ring (bicyclic) bond motifs is 17. The Bertz CT molecular complexity index is 448. The van der Waals surface area contributed by atoms with Gasteiger partial charge in [0.1, 0.15) is 0 Å². The Labute approximate surface area is 101 Å². The summed E-state index contributed by atoms with van der Waals surface area (Å²) >= 11 is 0. The van der Waals surface area contributed by atoms with E-state index in [1.54, 1.807) is 6.42 Å². The molecular weight excluding hydrogens is 212 g/mol. The van der Waals surface area contributed by atoms with E-state index in [1.807, 2.05) is 0 Å². The zero-order valence-electron chi connectivity index (χ0n) is 9.87. The summed E-state index contributed by atoms with van der Waals surface area (Å²) in [5.74, 6) is 8.32. The van der Waals surface area contributed by atoms with Crippen molar-refractivity contribution in [2.24, 2.45) is 47.3 Å². The van der Waals surface area contributed by atoms with Crippen LogP contribution in [0.25, 0.3) is 0 Å². The van der Waals surface area contributed by atoms with Crippen molar-refractivity contribution in [1.29, 1.82) is 0 Å². The molecule has 2 saturated heterocycles. The number of epoxide rings is 2. The van der Waals surface area contributed by atoms with Crippen molar-refractivity contribution in [3.8, 4) is 0 Å². The first-order valence-electron chi connectivity index (χ1n) is 7.73. The molecule has 0 aromatic heterocycles. The Hall–Kier alpha value is -0.0800. The molecule has 4 bridgehead atoms. The van der Waals surface area contributed by atoms with E-state index in [4.69, 9.17) is 9.47 Å². The predicted molar refractivity (Wildman–Crippen MR) is 59.1 cm³/mol. The maximum atomic E-state index is 5.93. The maximum absolute atomic E-state index is 5.93. The first kappa shape index (κ1) is 8.16. The molecule has 12 atom stereocenters. The molecule has 7 rings (SSSR count). The predicted octanol–water partition coefficient (Wildman–Crippen LogP) is 1.69. The highest BCUT2D eigenvalue weighted by Gasteiger charge is 2.78. The first-order chi connectivity index (χ1) is 8.42. The van der Waals surface area contributed by atoms with Gasteiger partial charge in [0.15, 0.2) is 0 Å². The molecule has 5 saturated carbocycles. The molecule has 0 aromatic carbocycles. The average molecular weight is 230 g/mol. The zero-order valence-corrected chi connectivity index (χ0v) is 9.87. The zero-order chi connectivity index (χ0) is 10.5. The monoisotopic (exact) mass is 230 g/mol.